The maximum Gasteiger partial charge on any atom is -0.0443 e. The summed E-state index contributed by atoms with van der Waals surface area (Å²) in [5, 5.41) is 0. The molecule has 0 heteroatoms. The van der Waals surface area contributed by atoms with Crippen LogP contribution in [0.1, 0.15) is 104 Å². The molecule has 0 heterocycles. The average Bonchev–Trinajstić information content (AvgIpc) is 2.32. The maximum absolute atomic E-state index is 2.41. The fourth-order valence-electron chi connectivity index (χ4n) is 2.62. The first kappa shape index (κ1) is 17.0. The van der Waals surface area contributed by atoms with Crippen LogP contribution in [0.2, 0.25) is 0 Å². The van der Waals surface area contributed by atoms with E-state index in [0.717, 1.165) is 5.92 Å². The lowest BCUT2D eigenvalue weighted by molar-refractivity contribution is 0.450. The fraction of sp³-hybridized carbons (Fsp3) is 1.00. The number of unbranched alkanes of at least 4 members (excludes halogenated alkanes) is 9. The molecule has 0 bridgehead atoms. The van der Waals surface area contributed by atoms with Crippen molar-refractivity contribution >= 4 is 0 Å². The van der Waals surface area contributed by atoms with E-state index in [1.807, 2.05) is 0 Å². The molecule has 0 aliphatic rings. The van der Waals surface area contributed by atoms with Gasteiger partial charge in [-0.25, -0.2) is 0 Å². The SMILES string of the molecule is CCCCCCCCCCCC[C@@H](C)CCC. The van der Waals surface area contributed by atoms with Gasteiger partial charge < -0.3 is 0 Å². The zero-order valence-corrected chi connectivity index (χ0v) is 12.8. The van der Waals surface area contributed by atoms with Crippen molar-refractivity contribution in [1.29, 1.82) is 0 Å². The summed E-state index contributed by atoms with van der Waals surface area (Å²) in [5.41, 5.74) is 0. The zero-order chi connectivity index (χ0) is 12.8. The van der Waals surface area contributed by atoms with Crippen molar-refractivity contribution in [2.24, 2.45) is 5.92 Å². The van der Waals surface area contributed by atoms with Gasteiger partial charge in [0.05, 0.1) is 0 Å². The zero-order valence-electron chi connectivity index (χ0n) is 12.8. The molecule has 0 saturated carbocycles. The Hall–Kier alpha value is 0. The van der Waals surface area contributed by atoms with Crippen molar-refractivity contribution in [2.45, 2.75) is 104 Å². The molecule has 0 aromatic heterocycles. The normalized spacial score (nSPS) is 12.9. The van der Waals surface area contributed by atoms with E-state index >= 15 is 0 Å². The van der Waals surface area contributed by atoms with Crippen LogP contribution in [0.3, 0.4) is 0 Å². The molecule has 0 saturated heterocycles. The molecule has 0 aromatic carbocycles. The third-order valence-corrected chi connectivity index (χ3v) is 3.83. The summed E-state index contributed by atoms with van der Waals surface area (Å²) in [4.78, 5) is 0. The molecule has 0 fully saturated rings. The molecule has 0 spiro atoms. The molecule has 1 atom stereocenters. The second-order valence-corrected chi connectivity index (χ2v) is 5.86. The second kappa shape index (κ2) is 14.1. The lowest BCUT2D eigenvalue weighted by atomic mass is 9.98. The van der Waals surface area contributed by atoms with Crippen LogP contribution >= 0.6 is 0 Å². The van der Waals surface area contributed by atoms with Gasteiger partial charge in [0.15, 0.2) is 0 Å². The van der Waals surface area contributed by atoms with E-state index in [-0.39, 0.29) is 0 Å². The average molecular weight is 240 g/mol. The highest BCUT2D eigenvalue weighted by molar-refractivity contribution is 4.53. The molecule has 104 valence electrons. The Bertz CT molecular complexity index is 128. The Morgan fingerprint density at radius 2 is 1.00 bits per heavy atom. The van der Waals surface area contributed by atoms with Crippen LogP contribution < -0.4 is 0 Å². The van der Waals surface area contributed by atoms with Gasteiger partial charge in [-0.3, -0.25) is 0 Å². The van der Waals surface area contributed by atoms with Crippen molar-refractivity contribution < 1.29 is 0 Å². The van der Waals surface area contributed by atoms with Crippen LogP contribution in [0.15, 0.2) is 0 Å². The highest BCUT2D eigenvalue weighted by Crippen LogP contribution is 2.16. The molecular formula is C17H36. The van der Waals surface area contributed by atoms with Crippen molar-refractivity contribution in [2.75, 3.05) is 0 Å². The van der Waals surface area contributed by atoms with Crippen molar-refractivity contribution in [1.82, 2.24) is 0 Å². The van der Waals surface area contributed by atoms with Crippen LogP contribution in [0.5, 0.6) is 0 Å². The smallest absolute Gasteiger partial charge is 0.0443 e. The topological polar surface area (TPSA) is 0 Å². The molecular weight excluding hydrogens is 204 g/mol. The molecule has 0 amide bonds. The number of hydrogen-bond donors (Lipinski definition) is 0. The minimum Gasteiger partial charge on any atom is -0.0654 e. The summed E-state index contributed by atoms with van der Waals surface area (Å²) in [6.07, 6.45) is 18.9. The van der Waals surface area contributed by atoms with Gasteiger partial charge in [0.2, 0.25) is 0 Å². The summed E-state index contributed by atoms with van der Waals surface area (Å²) in [6, 6.07) is 0. The summed E-state index contributed by atoms with van der Waals surface area (Å²) >= 11 is 0. The van der Waals surface area contributed by atoms with Crippen molar-refractivity contribution in [3.63, 3.8) is 0 Å². The molecule has 0 N–H and O–H groups in total. The molecule has 17 heavy (non-hydrogen) atoms. The Balaban J connectivity index is 2.98. The van der Waals surface area contributed by atoms with Gasteiger partial charge in [0.25, 0.3) is 0 Å². The molecule has 0 aliphatic carbocycles. The second-order valence-electron chi connectivity index (χ2n) is 5.86. The van der Waals surface area contributed by atoms with E-state index in [4.69, 9.17) is 0 Å². The van der Waals surface area contributed by atoms with E-state index in [1.165, 1.54) is 83.5 Å². The summed E-state index contributed by atoms with van der Waals surface area (Å²) in [5.74, 6) is 0.967. The highest BCUT2D eigenvalue weighted by atomic mass is 14.1. The highest BCUT2D eigenvalue weighted by Gasteiger charge is 1.99. The van der Waals surface area contributed by atoms with Crippen LogP contribution in [0.25, 0.3) is 0 Å². The molecule has 0 aliphatic heterocycles. The van der Waals surface area contributed by atoms with Gasteiger partial charge in [-0.15, -0.1) is 0 Å². The first-order chi connectivity index (χ1) is 8.31. The van der Waals surface area contributed by atoms with E-state index < -0.39 is 0 Å². The lowest BCUT2D eigenvalue weighted by Crippen LogP contribution is -1.93. The standard InChI is InChI=1S/C17H36/c1-4-6-7-8-9-10-11-12-13-14-16-17(3)15-5-2/h17H,4-16H2,1-3H3/t17-/m0/s1. The van der Waals surface area contributed by atoms with Crippen molar-refractivity contribution in [3.05, 3.63) is 0 Å². The van der Waals surface area contributed by atoms with Crippen molar-refractivity contribution in [3.8, 4) is 0 Å². The van der Waals surface area contributed by atoms with E-state index in [0.29, 0.717) is 0 Å². The lowest BCUT2D eigenvalue weighted by Gasteiger charge is -2.09. The Labute approximate surface area is 111 Å². The van der Waals surface area contributed by atoms with Gasteiger partial charge in [0.1, 0.15) is 0 Å². The minimum absolute atomic E-state index is 0.967. The summed E-state index contributed by atoms with van der Waals surface area (Å²) < 4.78 is 0. The van der Waals surface area contributed by atoms with Crippen LogP contribution in [0, 0.1) is 5.92 Å². The third kappa shape index (κ3) is 13.9. The molecule has 0 unspecified atom stereocenters. The van der Waals surface area contributed by atoms with E-state index in [2.05, 4.69) is 20.8 Å². The minimum atomic E-state index is 0.967. The maximum atomic E-state index is 2.41. The monoisotopic (exact) mass is 240 g/mol. The van der Waals surface area contributed by atoms with Gasteiger partial charge >= 0.3 is 0 Å². The van der Waals surface area contributed by atoms with Gasteiger partial charge in [-0.2, -0.15) is 0 Å². The number of hydrogen-bond acceptors (Lipinski definition) is 0. The predicted molar refractivity (Wildman–Crippen MR) is 80.5 cm³/mol. The van der Waals surface area contributed by atoms with Crippen LogP contribution in [0.4, 0.5) is 0 Å². The third-order valence-electron chi connectivity index (χ3n) is 3.83. The largest absolute Gasteiger partial charge is 0.0654 e. The van der Waals surface area contributed by atoms with Crippen LogP contribution in [-0.4, -0.2) is 0 Å². The molecule has 0 aromatic rings. The summed E-state index contributed by atoms with van der Waals surface area (Å²) in [7, 11) is 0. The van der Waals surface area contributed by atoms with E-state index in [9.17, 15) is 0 Å². The van der Waals surface area contributed by atoms with Crippen LogP contribution in [-0.2, 0) is 0 Å². The number of rotatable bonds is 13. The Kier molecular flexibility index (Phi) is 14.1. The van der Waals surface area contributed by atoms with Gasteiger partial charge in [0, 0.05) is 0 Å². The van der Waals surface area contributed by atoms with Gasteiger partial charge in [-0.05, 0) is 5.92 Å². The molecule has 0 nitrogen and oxygen atoms in total. The van der Waals surface area contributed by atoms with Gasteiger partial charge in [-0.1, -0.05) is 104 Å². The van der Waals surface area contributed by atoms with E-state index in [1.54, 1.807) is 0 Å². The molecule has 0 radical (unpaired) electrons. The Morgan fingerprint density at radius 1 is 0.529 bits per heavy atom. The Morgan fingerprint density at radius 3 is 1.47 bits per heavy atom. The predicted octanol–water partition coefficient (Wildman–Crippen LogP) is 6.73. The first-order valence-electron chi connectivity index (χ1n) is 8.31. The first-order valence-corrected chi connectivity index (χ1v) is 8.31. The summed E-state index contributed by atoms with van der Waals surface area (Å²) in [6.45, 7) is 7.01. The fourth-order valence-corrected chi connectivity index (χ4v) is 2.62. The molecule has 0 rings (SSSR count). The quantitative estimate of drug-likeness (QED) is 0.313.